The number of nitrogens with one attached hydrogen (secondary N) is 1. The average molecular weight is 254 g/mol. The van der Waals surface area contributed by atoms with Crippen LogP contribution in [0.5, 0.6) is 0 Å². The van der Waals surface area contributed by atoms with Gasteiger partial charge in [-0.05, 0) is 56.3 Å². The lowest BCUT2D eigenvalue weighted by Gasteiger charge is -2.36. The van der Waals surface area contributed by atoms with Crippen LogP contribution in [0.3, 0.4) is 0 Å². The second-order valence-corrected chi connectivity index (χ2v) is 5.60. The van der Waals surface area contributed by atoms with Crippen molar-refractivity contribution >= 4 is 10.9 Å². The van der Waals surface area contributed by atoms with Crippen LogP contribution in [-0.2, 0) is 6.42 Å². The molecule has 2 heteroatoms. The van der Waals surface area contributed by atoms with Crippen molar-refractivity contribution < 1.29 is 0 Å². The van der Waals surface area contributed by atoms with Gasteiger partial charge in [0.25, 0.3) is 0 Å². The van der Waals surface area contributed by atoms with Gasteiger partial charge in [0.15, 0.2) is 0 Å². The highest BCUT2D eigenvalue weighted by Crippen LogP contribution is 2.36. The standard InChI is InChI=1S/C17H22N2/c1-2-18-12-15-8-7-14(15)11-16-10-9-13-5-3-4-6-17(13)19-16/h3-6,9-10,14-15,18H,2,7-8,11-12H2,1H3. The second-order valence-electron chi connectivity index (χ2n) is 5.60. The van der Waals surface area contributed by atoms with Crippen molar-refractivity contribution in [3.05, 3.63) is 42.1 Å². The number of aromatic nitrogens is 1. The minimum absolute atomic E-state index is 0.827. The number of benzene rings is 1. The summed E-state index contributed by atoms with van der Waals surface area (Å²) in [6.07, 6.45) is 3.89. The predicted molar refractivity (Wildman–Crippen MR) is 80.2 cm³/mol. The molecular formula is C17H22N2. The number of fused-ring (bicyclic) bond motifs is 1. The molecule has 0 radical (unpaired) electrons. The maximum Gasteiger partial charge on any atom is 0.0705 e. The van der Waals surface area contributed by atoms with Crippen LogP contribution >= 0.6 is 0 Å². The van der Waals surface area contributed by atoms with E-state index in [4.69, 9.17) is 4.98 Å². The number of pyridine rings is 1. The van der Waals surface area contributed by atoms with Crippen molar-refractivity contribution in [2.24, 2.45) is 11.8 Å². The van der Waals surface area contributed by atoms with E-state index in [1.807, 2.05) is 0 Å². The van der Waals surface area contributed by atoms with Gasteiger partial charge in [-0.1, -0.05) is 31.2 Å². The van der Waals surface area contributed by atoms with Crippen LogP contribution in [0.1, 0.15) is 25.5 Å². The summed E-state index contributed by atoms with van der Waals surface area (Å²) < 4.78 is 0. The van der Waals surface area contributed by atoms with Gasteiger partial charge in [-0.25, -0.2) is 0 Å². The van der Waals surface area contributed by atoms with Gasteiger partial charge in [0.05, 0.1) is 5.52 Å². The molecule has 1 heterocycles. The average Bonchev–Trinajstić information content (AvgIpc) is 2.44. The van der Waals surface area contributed by atoms with Gasteiger partial charge in [0.1, 0.15) is 0 Å². The van der Waals surface area contributed by atoms with E-state index in [2.05, 4.69) is 48.6 Å². The largest absolute Gasteiger partial charge is 0.317 e. The van der Waals surface area contributed by atoms with E-state index in [1.54, 1.807) is 0 Å². The van der Waals surface area contributed by atoms with Gasteiger partial charge in [-0.2, -0.15) is 0 Å². The first-order chi connectivity index (χ1) is 9.36. The van der Waals surface area contributed by atoms with E-state index in [1.165, 1.54) is 30.5 Å². The van der Waals surface area contributed by atoms with Gasteiger partial charge < -0.3 is 5.32 Å². The van der Waals surface area contributed by atoms with Crippen LogP contribution < -0.4 is 5.32 Å². The number of hydrogen-bond acceptors (Lipinski definition) is 2. The minimum Gasteiger partial charge on any atom is -0.317 e. The van der Waals surface area contributed by atoms with Gasteiger partial charge in [-0.3, -0.25) is 4.98 Å². The van der Waals surface area contributed by atoms with E-state index in [-0.39, 0.29) is 0 Å². The van der Waals surface area contributed by atoms with Crippen LogP contribution in [-0.4, -0.2) is 18.1 Å². The molecule has 3 rings (SSSR count). The van der Waals surface area contributed by atoms with Gasteiger partial charge in [0, 0.05) is 11.1 Å². The summed E-state index contributed by atoms with van der Waals surface area (Å²) in [5.74, 6) is 1.68. The summed E-state index contributed by atoms with van der Waals surface area (Å²) in [6.45, 7) is 4.44. The third kappa shape index (κ3) is 2.79. The molecule has 1 fully saturated rings. The monoisotopic (exact) mass is 254 g/mol. The number of hydrogen-bond donors (Lipinski definition) is 1. The third-order valence-corrected chi connectivity index (χ3v) is 4.36. The highest BCUT2D eigenvalue weighted by Gasteiger charge is 2.30. The van der Waals surface area contributed by atoms with Crippen molar-refractivity contribution in [2.45, 2.75) is 26.2 Å². The maximum absolute atomic E-state index is 4.79. The fraction of sp³-hybridized carbons (Fsp3) is 0.471. The van der Waals surface area contributed by atoms with Crippen LogP contribution in [0, 0.1) is 11.8 Å². The molecule has 2 aromatic rings. The quantitative estimate of drug-likeness (QED) is 0.884. The van der Waals surface area contributed by atoms with Gasteiger partial charge in [-0.15, -0.1) is 0 Å². The lowest BCUT2D eigenvalue weighted by molar-refractivity contribution is 0.170. The smallest absolute Gasteiger partial charge is 0.0705 e. The van der Waals surface area contributed by atoms with Crippen molar-refractivity contribution in [1.82, 2.24) is 10.3 Å². The molecule has 0 aliphatic heterocycles. The van der Waals surface area contributed by atoms with Gasteiger partial charge >= 0.3 is 0 Å². The molecule has 1 aliphatic rings. The lowest BCUT2D eigenvalue weighted by atomic mass is 9.71. The van der Waals surface area contributed by atoms with Crippen molar-refractivity contribution in [3.8, 4) is 0 Å². The topological polar surface area (TPSA) is 24.9 Å². The van der Waals surface area contributed by atoms with Crippen LogP contribution in [0.2, 0.25) is 0 Å². The molecule has 1 N–H and O–H groups in total. The van der Waals surface area contributed by atoms with Crippen molar-refractivity contribution in [3.63, 3.8) is 0 Å². The van der Waals surface area contributed by atoms with Crippen LogP contribution in [0.4, 0.5) is 0 Å². The predicted octanol–water partition coefficient (Wildman–Crippen LogP) is 3.41. The molecule has 2 nitrogen and oxygen atoms in total. The molecule has 0 spiro atoms. The molecule has 1 aromatic heterocycles. The second kappa shape index (κ2) is 5.70. The molecular weight excluding hydrogens is 232 g/mol. The Kier molecular flexibility index (Phi) is 3.79. The first-order valence-corrected chi connectivity index (χ1v) is 7.42. The molecule has 19 heavy (non-hydrogen) atoms. The summed E-state index contributed by atoms with van der Waals surface area (Å²) >= 11 is 0. The number of nitrogens with zero attached hydrogens (tertiary/aromatic N) is 1. The van der Waals surface area contributed by atoms with E-state index in [0.29, 0.717) is 0 Å². The highest BCUT2D eigenvalue weighted by molar-refractivity contribution is 5.78. The Balaban J connectivity index is 1.68. The maximum atomic E-state index is 4.79. The van der Waals surface area contributed by atoms with E-state index in [0.717, 1.165) is 30.3 Å². The first-order valence-electron chi connectivity index (χ1n) is 7.42. The SMILES string of the molecule is CCNCC1CCC1Cc1ccc2ccccc2n1. The highest BCUT2D eigenvalue weighted by atomic mass is 14.9. The van der Waals surface area contributed by atoms with Gasteiger partial charge in [0.2, 0.25) is 0 Å². The third-order valence-electron chi connectivity index (χ3n) is 4.36. The molecule has 2 unspecified atom stereocenters. The Morgan fingerprint density at radius 3 is 2.74 bits per heavy atom. The molecule has 100 valence electrons. The zero-order chi connectivity index (χ0) is 13.1. The van der Waals surface area contributed by atoms with Crippen LogP contribution in [0.25, 0.3) is 10.9 Å². The minimum atomic E-state index is 0.827. The Labute approximate surface area is 115 Å². The molecule has 1 aromatic carbocycles. The molecule has 1 saturated carbocycles. The zero-order valence-electron chi connectivity index (χ0n) is 11.6. The normalized spacial score (nSPS) is 22.4. The summed E-state index contributed by atoms with van der Waals surface area (Å²) in [7, 11) is 0. The number of para-hydroxylation sites is 1. The fourth-order valence-electron chi connectivity index (χ4n) is 3.00. The van der Waals surface area contributed by atoms with E-state index < -0.39 is 0 Å². The van der Waals surface area contributed by atoms with Crippen molar-refractivity contribution in [1.29, 1.82) is 0 Å². The fourth-order valence-corrected chi connectivity index (χ4v) is 3.00. The summed E-state index contributed by atoms with van der Waals surface area (Å²) in [4.78, 5) is 4.79. The molecule has 0 bridgehead atoms. The number of rotatable bonds is 5. The summed E-state index contributed by atoms with van der Waals surface area (Å²) in [6, 6.07) is 12.8. The molecule has 2 atom stereocenters. The Morgan fingerprint density at radius 1 is 1.11 bits per heavy atom. The zero-order valence-corrected chi connectivity index (χ0v) is 11.6. The molecule has 1 aliphatic carbocycles. The van der Waals surface area contributed by atoms with E-state index >= 15 is 0 Å². The molecule has 0 saturated heterocycles. The lowest BCUT2D eigenvalue weighted by Crippen LogP contribution is -2.36. The summed E-state index contributed by atoms with van der Waals surface area (Å²) in [5, 5.41) is 4.72. The molecule has 0 amide bonds. The van der Waals surface area contributed by atoms with E-state index in [9.17, 15) is 0 Å². The Bertz CT molecular complexity index is 550. The Morgan fingerprint density at radius 2 is 1.95 bits per heavy atom. The van der Waals surface area contributed by atoms with Crippen molar-refractivity contribution in [2.75, 3.05) is 13.1 Å². The Hall–Kier alpha value is -1.41. The first kappa shape index (κ1) is 12.6. The van der Waals surface area contributed by atoms with Crippen LogP contribution in [0.15, 0.2) is 36.4 Å². The summed E-state index contributed by atoms with van der Waals surface area (Å²) in [5.41, 5.74) is 2.38.